The molecule has 0 aliphatic heterocycles. The second-order valence-corrected chi connectivity index (χ2v) is 5.22. The van der Waals surface area contributed by atoms with Gasteiger partial charge >= 0.3 is 0 Å². The van der Waals surface area contributed by atoms with Crippen LogP contribution in [-0.4, -0.2) is 11.1 Å². The summed E-state index contributed by atoms with van der Waals surface area (Å²) in [6.07, 6.45) is 0.938. The van der Waals surface area contributed by atoms with Crippen molar-refractivity contribution in [2.45, 2.75) is 25.9 Å². The fraction of sp³-hybridized carbons (Fsp3) is 0.250. The SMILES string of the molecule is CC(Cc1ccc(O)cc1)NCc1ccc(Cl)cc1. The number of phenols is 1. The minimum Gasteiger partial charge on any atom is -0.508 e. The van der Waals surface area contributed by atoms with Crippen molar-refractivity contribution >= 4 is 11.6 Å². The van der Waals surface area contributed by atoms with Gasteiger partial charge in [0.2, 0.25) is 0 Å². The molecule has 0 radical (unpaired) electrons. The Bertz CT molecular complexity index is 507. The standard InChI is InChI=1S/C16H18ClNO/c1-12(10-13-4-8-16(19)9-5-13)18-11-14-2-6-15(17)7-3-14/h2-9,12,18-19H,10-11H2,1H3. The van der Waals surface area contributed by atoms with E-state index in [0.29, 0.717) is 11.8 Å². The first-order valence-corrected chi connectivity index (χ1v) is 6.77. The van der Waals surface area contributed by atoms with Crippen LogP contribution in [0.4, 0.5) is 0 Å². The van der Waals surface area contributed by atoms with Crippen molar-refractivity contribution < 1.29 is 5.11 Å². The molecule has 0 aliphatic carbocycles. The number of nitrogens with one attached hydrogen (secondary N) is 1. The average Bonchev–Trinajstić information content (AvgIpc) is 2.41. The summed E-state index contributed by atoms with van der Waals surface area (Å²) in [6, 6.07) is 15.6. The molecule has 0 bridgehead atoms. The van der Waals surface area contributed by atoms with E-state index in [1.807, 2.05) is 36.4 Å². The molecule has 0 fully saturated rings. The van der Waals surface area contributed by atoms with Crippen LogP contribution >= 0.6 is 11.6 Å². The maximum atomic E-state index is 9.24. The Morgan fingerprint density at radius 1 is 1.00 bits per heavy atom. The minimum absolute atomic E-state index is 0.311. The lowest BCUT2D eigenvalue weighted by Gasteiger charge is -2.14. The van der Waals surface area contributed by atoms with Gasteiger partial charge in [0.15, 0.2) is 0 Å². The third-order valence-electron chi connectivity index (χ3n) is 3.05. The summed E-state index contributed by atoms with van der Waals surface area (Å²) in [5.41, 5.74) is 2.44. The van der Waals surface area contributed by atoms with Crippen LogP contribution in [0.1, 0.15) is 18.1 Å². The van der Waals surface area contributed by atoms with Crippen LogP contribution < -0.4 is 5.32 Å². The van der Waals surface area contributed by atoms with Gasteiger partial charge < -0.3 is 10.4 Å². The van der Waals surface area contributed by atoms with Crippen LogP contribution in [0.5, 0.6) is 5.75 Å². The highest BCUT2D eigenvalue weighted by atomic mass is 35.5. The van der Waals surface area contributed by atoms with Crippen molar-refractivity contribution in [2.24, 2.45) is 0 Å². The Kier molecular flexibility index (Phi) is 4.83. The molecule has 3 heteroatoms. The van der Waals surface area contributed by atoms with Crippen molar-refractivity contribution in [3.05, 3.63) is 64.7 Å². The van der Waals surface area contributed by atoms with Crippen LogP contribution in [0.3, 0.4) is 0 Å². The maximum absolute atomic E-state index is 9.24. The van der Waals surface area contributed by atoms with Crippen molar-refractivity contribution in [2.75, 3.05) is 0 Å². The summed E-state index contributed by atoms with van der Waals surface area (Å²) in [4.78, 5) is 0. The summed E-state index contributed by atoms with van der Waals surface area (Å²) < 4.78 is 0. The molecule has 0 aliphatic rings. The van der Waals surface area contributed by atoms with Crippen LogP contribution in [0.25, 0.3) is 0 Å². The molecule has 19 heavy (non-hydrogen) atoms. The Labute approximate surface area is 119 Å². The number of benzene rings is 2. The first-order chi connectivity index (χ1) is 9.13. The highest BCUT2D eigenvalue weighted by Gasteiger charge is 2.03. The predicted molar refractivity (Wildman–Crippen MR) is 79.6 cm³/mol. The van der Waals surface area contributed by atoms with Crippen molar-refractivity contribution in [1.29, 1.82) is 0 Å². The van der Waals surface area contributed by atoms with Crippen LogP contribution in [0, 0.1) is 0 Å². The third kappa shape index (κ3) is 4.58. The number of halogens is 1. The second-order valence-electron chi connectivity index (χ2n) is 4.78. The molecule has 0 aromatic heterocycles. The van der Waals surface area contributed by atoms with E-state index < -0.39 is 0 Å². The molecule has 1 atom stereocenters. The quantitative estimate of drug-likeness (QED) is 0.871. The Morgan fingerprint density at radius 2 is 1.58 bits per heavy atom. The first kappa shape index (κ1) is 13.9. The predicted octanol–water partition coefficient (Wildman–Crippen LogP) is 3.77. The maximum Gasteiger partial charge on any atom is 0.115 e. The van der Waals surface area contributed by atoms with Crippen LogP contribution in [0.15, 0.2) is 48.5 Å². The zero-order valence-corrected chi connectivity index (χ0v) is 11.7. The van der Waals surface area contributed by atoms with Gasteiger partial charge in [0.05, 0.1) is 0 Å². The third-order valence-corrected chi connectivity index (χ3v) is 3.30. The average molecular weight is 276 g/mol. The summed E-state index contributed by atoms with van der Waals surface area (Å²) in [7, 11) is 0. The molecule has 0 spiro atoms. The highest BCUT2D eigenvalue weighted by molar-refractivity contribution is 6.30. The molecular formula is C16H18ClNO. The summed E-state index contributed by atoms with van der Waals surface area (Å²) in [6.45, 7) is 2.99. The molecule has 2 aromatic carbocycles. The molecule has 0 saturated carbocycles. The van der Waals surface area contributed by atoms with E-state index in [1.54, 1.807) is 12.1 Å². The molecule has 0 amide bonds. The van der Waals surface area contributed by atoms with E-state index in [0.717, 1.165) is 18.0 Å². The topological polar surface area (TPSA) is 32.3 Å². The van der Waals surface area contributed by atoms with E-state index in [-0.39, 0.29) is 0 Å². The van der Waals surface area contributed by atoms with E-state index in [1.165, 1.54) is 11.1 Å². The largest absolute Gasteiger partial charge is 0.508 e. The van der Waals surface area contributed by atoms with Gasteiger partial charge in [-0.1, -0.05) is 35.9 Å². The number of rotatable bonds is 5. The molecule has 2 N–H and O–H groups in total. The summed E-state index contributed by atoms with van der Waals surface area (Å²) in [5, 5.41) is 13.5. The van der Waals surface area contributed by atoms with Gasteiger partial charge in [-0.25, -0.2) is 0 Å². The number of hydrogen-bond donors (Lipinski definition) is 2. The molecule has 2 nitrogen and oxygen atoms in total. The fourth-order valence-corrected chi connectivity index (χ4v) is 2.08. The smallest absolute Gasteiger partial charge is 0.115 e. The Hall–Kier alpha value is -1.51. The van der Waals surface area contributed by atoms with Crippen LogP contribution in [-0.2, 0) is 13.0 Å². The molecular weight excluding hydrogens is 258 g/mol. The minimum atomic E-state index is 0.311. The summed E-state index contributed by atoms with van der Waals surface area (Å²) >= 11 is 5.85. The molecule has 1 unspecified atom stereocenters. The molecule has 2 aromatic rings. The number of hydrogen-bond acceptors (Lipinski definition) is 2. The fourth-order valence-electron chi connectivity index (χ4n) is 1.95. The van der Waals surface area contributed by atoms with Gasteiger partial charge in [-0.15, -0.1) is 0 Å². The highest BCUT2D eigenvalue weighted by Crippen LogP contribution is 2.12. The van der Waals surface area contributed by atoms with E-state index in [4.69, 9.17) is 11.6 Å². The van der Waals surface area contributed by atoms with Gasteiger partial charge in [0.1, 0.15) is 5.75 Å². The summed E-state index contributed by atoms with van der Waals surface area (Å²) in [5.74, 6) is 0.311. The van der Waals surface area contributed by atoms with Gasteiger partial charge in [0, 0.05) is 17.6 Å². The van der Waals surface area contributed by atoms with Crippen molar-refractivity contribution in [1.82, 2.24) is 5.32 Å². The molecule has 100 valence electrons. The second kappa shape index (κ2) is 6.60. The lowest BCUT2D eigenvalue weighted by atomic mass is 10.1. The van der Waals surface area contributed by atoms with E-state index >= 15 is 0 Å². The normalized spacial score (nSPS) is 12.3. The zero-order chi connectivity index (χ0) is 13.7. The first-order valence-electron chi connectivity index (χ1n) is 6.39. The van der Waals surface area contributed by atoms with Gasteiger partial charge in [-0.2, -0.15) is 0 Å². The molecule has 0 heterocycles. The molecule has 2 rings (SSSR count). The monoisotopic (exact) mass is 275 g/mol. The van der Waals surface area contributed by atoms with Crippen LogP contribution in [0.2, 0.25) is 5.02 Å². The Balaban J connectivity index is 1.82. The Morgan fingerprint density at radius 3 is 2.21 bits per heavy atom. The lowest BCUT2D eigenvalue weighted by molar-refractivity contribution is 0.474. The number of phenolic OH excluding ortho intramolecular Hbond substituents is 1. The van der Waals surface area contributed by atoms with E-state index in [2.05, 4.69) is 12.2 Å². The zero-order valence-electron chi connectivity index (χ0n) is 10.9. The van der Waals surface area contributed by atoms with Gasteiger partial charge in [-0.05, 0) is 48.7 Å². The number of aromatic hydroxyl groups is 1. The van der Waals surface area contributed by atoms with Crippen molar-refractivity contribution in [3.63, 3.8) is 0 Å². The van der Waals surface area contributed by atoms with Gasteiger partial charge in [0.25, 0.3) is 0 Å². The van der Waals surface area contributed by atoms with Crippen molar-refractivity contribution in [3.8, 4) is 5.75 Å². The van der Waals surface area contributed by atoms with Gasteiger partial charge in [-0.3, -0.25) is 0 Å². The van der Waals surface area contributed by atoms with E-state index in [9.17, 15) is 5.11 Å². The lowest BCUT2D eigenvalue weighted by Crippen LogP contribution is -2.27. The molecule has 0 saturated heterocycles.